The van der Waals surface area contributed by atoms with Crippen molar-refractivity contribution in [3.8, 4) is 0 Å². The van der Waals surface area contributed by atoms with Crippen LogP contribution in [0.15, 0.2) is 48.5 Å². The lowest BCUT2D eigenvalue weighted by Crippen LogP contribution is -2.76. The molecule has 126 valence electrons. The quantitative estimate of drug-likeness (QED) is 0.795. The lowest BCUT2D eigenvalue weighted by Gasteiger charge is -2.56. The highest BCUT2D eigenvalue weighted by atomic mass is 15.6. The first-order valence-electron chi connectivity index (χ1n) is 8.48. The fourth-order valence-corrected chi connectivity index (χ4v) is 4.72. The summed E-state index contributed by atoms with van der Waals surface area (Å²) in [6.45, 7) is 4.68. The summed E-state index contributed by atoms with van der Waals surface area (Å²) in [5.41, 5.74) is 4.67. The minimum absolute atomic E-state index is 0.223. The van der Waals surface area contributed by atoms with Crippen LogP contribution in [-0.2, 0) is 0 Å². The number of nitrogens with zero attached hydrogens (tertiary/aromatic N) is 4. The van der Waals surface area contributed by atoms with Crippen LogP contribution in [0.25, 0.3) is 0 Å². The Kier molecular flexibility index (Phi) is 2.91. The molecule has 24 heavy (non-hydrogen) atoms. The van der Waals surface area contributed by atoms with Crippen molar-refractivity contribution in [2.24, 2.45) is 0 Å². The molecule has 2 aliphatic rings. The lowest BCUT2D eigenvalue weighted by molar-refractivity contribution is 0.256. The minimum atomic E-state index is -0.223. The van der Waals surface area contributed by atoms with Crippen molar-refractivity contribution in [2.45, 2.75) is 25.2 Å². The summed E-state index contributed by atoms with van der Waals surface area (Å²) in [5.74, 6) is 0. The number of para-hydroxylation sites is 4. The Balaban J connectivity index is 1.90. The van der Waals surface area contributed by atoms with Gasteiger partial charge in [-0.1, -0.05) is 24.3 Å². The van der Waals surface area contributed by atoms with E-state index >= 15 is 0 Å². The third kappa shape index (κ3) is 1.45. The predicted octanol–water partition coefficient (Wildman–Crippen LogP) is 3.59. The smallest absolute Gasteiger partial charge is 0.152 e. The molecule has 2 aromatic rings. The van der Waals surface area contributed by atoms with Crippen molar-refractivity contribution in [1.29, 1.82) is 0 Å². The van der Waals surface area contributed by atoms with Gasteiger partial charge in [0.05, 0.1) is 22.7 Å². The number of anilines is 4. The number of hydrogen-bond donors (Lipinski definition) is 0. The molecule has 4 heteroatoms. The molecule has 0 radical (unpaired) electrons. The summed E-state index contributed by atoms with van der Waals surface area (Å²) in [4.78, 5) is 9.67. The summed E-state index contributed by atoms with van der Waals surface area (Å²) in [6.07, 6.45) is 0. The van der Waals surface area contributed by atoms with Crippen molar-refractivity contribution in [2.75, 3.05) is 47.8 Å². The van der Waals surface area contributed by atoms with Crippen molar-refractivity contribution >= 4 is 22.7 Å². The van der Waals surface area contributed by atoms with E-state index in [9.17, 15) is 0 Å². The molecule has 0 spiro atoms. The Morgan fingerprint density at radius 1 is 0.500 bits per heavy atom. The van der Waals surface area contributed by atoms with Crippen LogP contribution >= 0.6 is 0 Å². The van der Waals surface area contributed by atoms with Crippen molar-refractivity contribution in [3.05, 3.63) is 48.5 Å². The van der Waals surface area contributed by atoms with Crippen LogP contribution in [-0.4, -0.2) is 39.5 Å². The Hall–Kier alpha value is -2.36. The molecule has 0 N–H and O–H groups in total. The van der Waals surface area contributed by atoms with Gasteiger partial charge in [-0.15, -0.1) is 0 Å². The van der Waals surface area contributed by atoms with E-state index in [4.69, 9.17) is 0 Å². The van der Waals surface area contributed by atoms with Crippen LogP contribution < -0.4 is 19.6 Å². The first kappa shape index (κ1) is 15.2. The maximum absolute atomic E-state index is 2.42. The number of benzene rings is 2. The van der Waals surface area contributed by atoms with Crippen LogP contribution in [0.5, 0.6) is 0 Å². The summed E-state index contributed by atoms with van der Waals surface area (Å²) in [7, 11) is 8.83. The molecule has 0 saturated carbocycles. The van der Waals surface area contributed by atoms with Crippen LogP contribution in [0.3, 0.4) is 0 Å². The normalized spacial score (nSPS) is 20.4. The van der Waals surface area contributed by atoms with Gasteiger partial charge < -0.3 is 19.6 Å². The van der Waals surface area contributed by atoms with Gasteiger partial charge in [0.1, 0.15) is 0 Å². The highest BCUT2D eigenvalue weighted by Crippen LogP contribution is 2.55. The van der Waals surface area contributed by atoms with Gasteiger partial charge in [0.2, 0.25) is 0 Å². The van der Waals surface area contributed by atoms with Crippen LogP contribution in [0.1, 0.15) is 13.8 Å². The molecular weight excluding hydrogens is 296 g/mol. The van der Waals surface area contributed by atoms with E-state index in [2.05, 4.69) is 110 Å². The lowest BCUT2D eigenvalue weighted by atomic mass is 9.92. The van der Waals surface area contributed by atoms with Gasteiger partial charge >= 0.3 is 0 Å². The highest BCUT2D eigenvalue weighted by molar-refractivity contribution is 5.85. The SMILES string of the molecule is CN1c2ccccc2N(C)C1(C)C1(C)N(C)c2ccccc2N1C. The summed E-state index contributed by atoms with van der Waals surface area (Å²) < 4.78 is 0. The summed E-state index contributed by atoms with van der Waals surface area (Å²) in [5, 5.41) is 0. The van der Waals surface area contributed by atoms with Crippen LogP contribution in [0.4, 0.5) is 22.7 Å². The average Bonchev–Trinajstić information content (AvgIpc) is 2.94. The molecule has 0 saturated heterocycles. The minimum Gasteiger partial charge on any atom is -0.347 e. The van der Waals surface area contributed by atoms with E-state index in [0.717, 1.165) is 0 Å². The Morgan fingerprint density at radius 2 is 0.708 bits per heavy atom. The molecule has 0 fully saturated rings. The molecule has 2 aliphatic heterocycles. The molecule has 0 aliphatic carbocycles. The molecule has 0 unspecified atom stereocenters. The van der Waals surface area contributed by atoms with E-state index in [1.807, 2.05) is 0 Å². The monoisotopic (exact) mass is 322 g/mol. The number of hydrogen-bond acceptors (Lipinski definition) is 4. The van der Waals surface area contributed by atoms with Crippen LogP contribution in [0.2, 0.25) is 0 Å². The Bertz CT molecular complexity index is 674. The fraction of sp³-hybridized carbons (Fsp3) is 0.400. The van der Waals surface area contributed by atoms with Gasteiger partial charge in [-0.05, 0) is 38.1 Å². The largest absolute Gasteiger partial charge is 0.347 e. The van der Waals surface area contributed by atoms with Crippen molar-refractivity contribution in [1.82, 2.24) is 0 Å². The molecule has 0 bridgehead atoms. The first-order chi connectivity index (χ1) is 11.3. The molecule has 0 atom stereocenters. The maximum atomic E-state index is 2.42. The molecule has 2 heterocycles. The van der Waals surface area contributed by atoms with E-state index in [1.54, 1.807) is 0 Å². The third-order valence-corrected chi connectivity index (χ3v) is 6.72. The number of likely N-dealkylation sites (N-methyl/N-ethyl adjacent to an activating group) is 4. The van der Waals surface area contributed by atoms with Gasteiger partial charge in [-0.25, -0.2) is 0 Å². The van der Waals surface area contributed by atoms with Crippen molar-refractivity contribution < 1.29 is 0 Å². The van der Waals surface area contributed by atoms with E-state index in [0.29, 0.717) is 0 Å². The second-order valence-corrected chi connectivity index (χ2v) is 7.26. The molecule has 0 aromatic heterocycles. The predicted molar refractivity (Wildman–Crippen MR) is 103 cm³/mol. The fourth-order valence-electron chi connectivity index (χ4n) is 4.72. The van der Waals surface area contributed by atoms with Gasteiger partial charge in [0.15, 0.2) is 11.3 Å². The van der Waals surface area contributed by atoms with Gasteiger partial charge in [0, 0.05) is 28.2 Å². The van der Waals surface area contributed by atoms with Gasteiger partial charge in [-0.2, -0.15) is 0 Å². The first-order valence-corrected chi connectivity index (χ1v) is 8.48. The Morgan fingerprint density at radius 3 is 0.917 bits per heavy atom. The molecule has 4 nitrogen and oxygen atoms in total. The number of fused-ring (bicyclic) bond motifs is 2. The topological polar surface area (TPSA) is 13.0 Å². The third-order valence-electron chi connectivity index (χ3n) is 6.72. The molecule has 0 amide bonds. The zero-order valence-electron chi connectivity index (χ0n) is 15.4. The zero-order chi connectivity index (χ0) is 17.3. The Labute approximate surface area is 144 Å². The van der Waals surface area contributed by atoms with Gasteiger partial charge in [-0.3, -0.25) is 0 Å². The van der Waals surface area contributed by atoms with Crippen LogP contribution in [0, 0.1) is 0 Å². The molecule has 4 rings (SSSR count). The van der Waals surface area contributed by atoms with Gasteiger partial charge in [0.25, 0.3) is 0 Å². The van der Waals surface area contributed by atoms with E-state index < -0.39 is 0 Å². The highest BCUT2D eigenvalue weighted by Gasteiger charge is 2.62. The molecule has 2 aromatic carbocycles. The standard InChI is InChI=1S/C20H26N4/c1-19(21(3)15-11-7-8-12-16(15)22(19)4)20(2)23(5)17-13-9-10-14-18(17)24(20)6/h7-14H,1-6H3. The maximum Gasteiger partial charge on any atom is 0.152 e. The van der Waals surface area contributed by atoms with E-state index in [-0.39, 0.29) is 11.3 Å². The summed E-state index contributed by atoms with van der Waals surface area (Å²) in [6, 6.07) is 17.3. The van der Waals surface area contributed by atoms with Crippen molar-refractivity contribution in [3.63, 3.8) is 0 Å². The zero-order valence-corrected chi connectivity index (χ0v) is 15.4. The number of rotatable bonds is 1. The summed E-state index contributed by atoms with van der Waals surface area (Å²) >= 11 is 0. The second-order valence-electron chi connectivity index (χ2n) is 7.26. The van der Waals surface area contributed by atoms with E-state index in [1.165, 1.54) is 22.7 Å². The molecular formula is C20H26N4. The second kappa shape index (κ2) is 4.59. The average molecular weight is 322 g/mol.